The number of aliphatic hydroxyl groups excluding tert-OH is 2. The van der Waals surface area contributed by atoms with E-state index in [1.807, 2.05) is 6.92 Å². The molecular formula is C17H23NO6S. The molecule has 1 aliphatic rings. The minimum absolute atomic E-state index is 0.00338. The second-order valence-corrected chi connectivity index (χ2v) is 6.26. The number of amides is 1. The van der Waals surface area contributed by atoms with Crippen LogP contribution in [0.3, 0.4) is 0 Å². The van der Waals surface area contributed by atoms with Crippen molar-refractivity contribution in [2.24, 2.45) is 0 Å². The van der Waals surface area contributed by atoms with Gasteiger partial charge in [-0.15, -0.1) is 0 Å². The Morgan fingerprint density at radius 2 is 2.08 bits per heavy atom. The van der Waals surface area contributed by atoms with Gasteiger partial charge < -0.3 is 30.1 Å². The van der Waals surface area contributed by atoms with E-state index in [4.69, 9.17) is 21.7 Å². The summed E-state index contributed by atoms with van der Waals surface area (Å²) in [5.41, 5.74) is 0.369. The van der Waals surface area contributed by atoms with Crippen LogP contribution in [0.5, 0.6) is 5.75 Å². The number of nitrogens with one attached hydrogen (secondary N) is 1. The van der Waals surface area contributed by atoms with Crippen LogP contribution >= 0.6 is 12.2 Å². The Labute approximate surface area is 151 Å². The van der Waals surface area contributed by atoms with Crippen molar-refractivity contribution in [1.29, 1.82) is 0 Å². The molecule has 0 unspecified atom stereocenters. The number of benzene rings is 1. The lowest BCUT2D eigenvalue weighted by Gasteiger charge is -2.37. The van der Waals surface area contributed by atoms with Crippen LogP contribution in [0.1, 0.15) is 25.3 Å². The van der Waals surface area contributed by atoms with Crippen LogP contribution < -0.4 is 5.32 Å². The average Bonchev–Trinajstić information content (AvgIpc) is 2.59. The van der Waals surface area contributed by atoms with E-state index in [0.717, 1.165) is 0 Å². The number of ether oxygens (including phenoxy) is 2. The van der Waals surface area contributed by atoms with Gasteiger partial charge in [-0.05, 0) is 30.8 Å². The molecule has 138 valence electrons. The lowest BCUT2D eigenvalue weighted by atomic mass is 9.98. The van der Waals surface area contributed by atoms with Crippen molar-refractivity contribution in [3.63, 3.8) is 0 Å². The molecule has 0 bridgehead atoms. The third kappa shape index (κ3) is 5.12. The Bertz CT molecular complexity index is 611. The maximum absolute atomic E-state index is 11.6. The Morgan fingerprint density at radius 3 is 2.76 bits per heavy atom. The number of phenols is 1. The van der Waals surface area contributed by atoms with E-state index in [9.17, 15) is 20.1 Å². The van der Waals surface area contributed by atoms with Crippen molar-refractivity contribution < 1.29 is 29.6 Å². The number of para-hydroxylation sites is 1. The van der Waals surface area contributed by atoms with E-state index in [-0.39, 0.29) is 29.9 Å². The summed E-state index contributed by atoms with van der Waals surface area (Å²) in [4.78, 5) is 11.6. The largest absolute Gasteiger partial charge is 0.507 e. The van der Waals surface area contributed by atoms with Crippen molar-refractivity contribution in [1.82, 2.24) is 5.32 Å². The van der Waals surface area contributed by atoms with Gasteiger partial charge in [0.15, 0.2) is 5.05 Å². The normalized spacial score (nSPS) is 26.0. The third-order valence-corrected chi connectivity index (χ3v) is 4.30. The Kier molecular flexibility index (Phi) is 7.12. The lowest BCUT2D eigenvalue weighted by Crippen LogP contribution is -2.60. The Morgan fingerprint density at radius 1 is 1.36 bits per heavy atom. The summed E-state index contributed by atoms with van der Waals surface area (Å²) < 4.78 is 10.9. The molecule has 1 aromatic rings. The number of hydrogen-bond acceptors (Lipinski definition) is 7. The van der Waals surface area contributed by atoms with Crippen molar-refractivity contribution in [2.75, 3.05) is 13.2 Å². The number of carbonyl (C=O) groups is 1. The average molecular weight is 369 g/mol. The maximum atomic E-state index is 11.6. The molecule has 4 atom stereocenters. The first-order valence-corrected chi connectivity index (χ1v) is 8.57. The molecule has 2 rings (SSSR count). The van der Waals surface area contributed by atoms with Gasteiger partial charge in [-0.2, -0.15) is 0 Å². The summed E-state index contributed by atoms with van der Waals surface area (Å²) >= 11 is 5.11. The maximum Gasteiger partial charge on any atom is 0.220 e. The van der Waals surface area contributed by atoms with Gasteiger partial charge in [0.05, 0.1) is 18.2 Å². The number of rotatable bonds is 6. The predicted octanol–water partition coefficient (Wildman–Crippen LogP) is 0.490. The summed E-state index contributed by atoms with van der Waals surface area (Å²) in [6.07, 6.45) is -2.15. The molecular weight excluding hydrogens is 346 g/mol. The molecule has 0 spiro atoms. The number of carbonyl (C=O) groups excluding carboxylic acids is 1. The number of thiocarbonyl (C=S) groups is 1. The fourth-order valence-electron chi connectivity index (χ4n) is 2.54. The monoisotopic (exact) mass is 369 g/mol. The Hall–Kier alpha value is -1.74. The molecule has 0 radical (unpaired) electrons. The number of aliphatic hydroxyl groups is 2. The van der Waals surface area contributed by atoms with Crippen molar-refractivity contribution in [2.45, 2.75) is 44.1 Å². The summed E-state index contributed by atoms with van der Waals surface area (Å²) in [6.45, 7) is 1.86. The summed E-state index contributed by atoms with van der Waals surface area (Å²) in [6, 6.07) is 5.81. The van der Waals surface area contributed by atoms with Crippen LogP contribution in [0.4, 0.5) is 0 Å². The van der Waals surface area contributed by atoms with Crippen LogP contribution in [-0.4, -0.2) is 63.8 Å². The molecule has 4 N–H and O–H groups in total. The minimum Gasteiger partial charge on any atom is -0.507 e. The van der Waals surface area contributed by atoms with Gasteiger partial charge in [0.25, 0.3) is 0 Å². The molecule has 0 saturated carbocycles. The SMILES string of the molecule is CCCC(=O)N[C@H]1CO[C@H](COC(=S)c2ccccc2O)[C@@H](O)[C@@H]1O. The second-order valence-electron chi connectivity index (χ2n) is 5.89. The van der Waals surface area contributed by atoms with E-state index in [1.54, 1.807) is 18.2 Å². The quantitative estimate of drug-likeness (QED) is 0.541. The Balaban J connectivity index is 1.87. The molecule has 1 aromatic carbocycles. The zero-order chi connectivity index (χ0) is 18.4. The van der Waals surface area contributed by atoms with E-state index in [1.165, 1.54) is 6.07 Å². The first-order valence-electron chi connectivity index (χ1n) is 8.16. The standard InChI is InChI=1S/C17H23NO6S/c1-2-5-14(20)18-11-8-23-13(16(22)15(11)21)9-24-17(25)10-6-3-4-7-12(10)19/h3-4,6-7,11,13,15-16,19,21-22H,2,5,8-9H2,1H3,(H,18,20)/t11-,13+,15+,16+/m0/s1. The molecule has 7 nitrogen and oxygen atoms in total. The molecule has 1 fully saturated rings. The fourth-order valence-corrected chi connectivity index (χ4v) is 2.78. The molecule has 0 aliphatic carbocycles. The lowest BCUT2D eigenvalue weighted by molar-refractivity contribution is -0.163. The van der Waals surface area contributed by atoms with Crippen LogP contribution in [0.2, 0.25) is 0 Å². The topological polar surface area (TPSA) is 108 Å². The zero-order valence-electron chi connectivity index (χ0n) is 13.9. The first-order chi connectivity index (χ1) is 11.9. The number of phenolic OH excluding ortho intramolecular Hbond substituents is 1. The molecule has 1 saturated heterocycles. The highest BCUT2D eigenvalue weighted by Gasteiger charge is 2.39. The van der Waals surface area contributed by atoms with Gasteiger partial charge in [0.1, 0.15) is 30.7 Å². The second kappa shape index (κ2) is 9.10. The van der Waals surface area contributed by atoms with Crippen molar-refractivity contribution >= 4 is 23.2 Å². The van der Waals surface area contributed by atoms with E-state index < -0.39 is 24.4 Å². The van der Waals surface area contributed by atoms with Crippen LogP contribution in [0.15, 0.2) is 24.3 Å². The highest BCUT2D eigenvalue weighted by molar-refractivity contribution is 7.80. The fraction of sp³-hybridized carbons (Fsp3) is 0.529. The molecule has 8 heteroatoms. The minimum atomic E-state index is -1.23. The summed E-state index contributed by atoms with van der Waals surface area (Å²) in [7, 11) is 0. The van der Waals surface area contributed by atoms with Crippen LogP contribution in [-0.2, 0) is 14.3 Å². The van der Waals surface area contributed by atoms with Crippen LogP contribution in [0, 0.1) is 0 Å². The molecule has 25 heavy (non-hydrogen) atoms. The summed E-state index contributed by atoms with van der Waals surface area (Å²) in [5, 5.41) is 32.8. The van der Waals surface area contributed by atoms with Gasteiger partial charge in [0, 0.05) is 6.42 Å². The van der Waals surface area contributed by atoms with Gasteiger partial charge in [0.2, 0.25) is 5.91 Å². The van der Waals surface area contributed by atoms with E-state index in [2.05, 4.69) is 5.32 Å². The highest BCUT2D eigenvalue weighted by atomic mass is 32.1. The highest BCUT2D eigenvalue weighted by Crippen LogP contribution is 2.20. The molecule has 1 amide bonds. The zero-order valence-corrected chi connectivity index (χ0v) is 14.7. The van der Waals surface area contributed by atoms with Crippen LogP contribution in [0.25, 0.3) is 0 Å². The van der Waals surface area contributed by atoms with Gasteiger partial charge in [-0.25, -0.2) is 0 Å². The van der Waals surface area contributed by atoms with Gasteiger partial charge in [-0.3, -0.25) is 4.79 Å². The molecule has 1 aliphatic heterocycles. The van der Waals surface area contributed by atoms with E-state index in [0.29, 0.717) is 18.4 Å². The number of hydrogen-bond donors (Lipinski definition) is 4. The van der Waals surface area contributed by atoms with Gasteiger partial charge >= 0.3 is 0 Å². The first kappa shape index (κ1) is 19.6. The smallest absolute Gasteiger partial charge is 0.220 e. The van der Waals surface area contributed by atoms with E-state index >= 15 is 0 Å². The van der Waals surface area contributed by atoms with Gasteiger partial charge in [-0.1, -0.05) is 19.1 Å². The molecule has 1 heterocycles. The molecule has 0 aromatic heterocycles. The third-order valence-electron chi connectivity index (χ3n) is 3.96. The number of aromatic hydroxyl groups is 1. The predicted molar refractivity (Wildman–Crippen MR) is 94.4 cm³/mol. The van der Waals surface area contributed by atoms with Crippen molar-refractivity contribution in [3.05, 3.63) is 29.8 Å². The van der Waals surface area contributed by atoms with Crippen molar-refractivity contribution in [3.8, 4) is 5.75 Å². The summed E-state index contributed by atoms with van der Waals surface area (Å²) in [5.74, 6) is -0.200.